The number of aliphatic imine (C=N–C) groups is 1. The van der Waals surface area contributed by atoms with Crippen LogP contribution in [0.2, 0.25) is 0 Å². The van der Waals surface area contributed by atoms with E-state index >= 15 is 0 Å². The summed E-state index contributed by atoms with van der Waals surface area (Å²) in [7, 11) is 0. The number of primary amides is 1. The number of hydrogen-bond acceptors (Lipinski definition) is 7. The van der Waals surface area contributed by atoms with Crippen molar-refractivity contribution in [2.24, 2.45) is 27.9 Å². The highest BCUT2D eigenvalue weighted by Crippen LogP contribution is 2.06. The van der Waals surface area contributed by atoms with Gasteiger partial charge in [0.25, 0.3) is 0 Å². The van der Waals surface area contributed by atoms with Crippen LogP contribution in [0, 0.1) is 0 Å². The highest BCUT2D eigenvalue weighted by molar-refractivity contribution is 5.96. The molecule has 12 N–H and O–H groups in total. The van der Waals surface area contributed by atoms with Gasteiger partial charge in [0, 0.05) is 13.0 Å². The molecule has 198 valence electrons. The first-order valence-electron chi connectivity index (χ1n) is 11.2. The molecule has 0 saturated carbocycles. The van der Waals surface area contributed by atoms with Crippen LogP contribution < -0.4 is 38.9 Å². The summed E-state index contributed by atoms with van der Waals surface area (Å²) in [5.74, 6) is -4.58. The number of benzene rings is 1. The lowest BCUT2D eigenvalue weighted by Gasteiger charge is -2.24. The smallest absolute Gasteiger partial charge is 0.325 e. The van der Waals surface area contributed by atoms with E-state index < -0.39 is 60.2 Å². The minimum Gasteiger partial charge on any atom is -0.480 e. The van der Waals surface area contributed by atoms with Crippen LogP contribution in [0.1, 0.15) is 31.7 Å². The van der Waals surface area contributed by atoms with Gasteiger partial charge in [-0.3, -0.25) is 29.0 Å². The molecule has 0 radical (unpaired) electrons. The van der Waals surface area contributed by atoms with Gasteiger partial charge in [0.1, 0.15) is 18.1 Å². The van der Waals surface area contributed by atoms with Crippen molar-refractivity contribution in [2.45, 2.75) is 56.8 Å². The van der Waals surface area contributed by atoms with Crippen LogP contribution in [0.4, 0.5) is 0 Å². The van der Waals surface area contributed by atoms with E-state index in [0.29, 0.717) is 12.0 Å². The molecule has 0 spiro atoms. The molecule has 4 unspecified atom stereocenters. The fourth-order valence-electron chi connectivity index (χ4n) is 3.05. The second-order valence-electron chi connectivity index (χ2n) is 8.11. The summed E-state index contributed by atoms with van der Waals surface area (Å²) in [5, 5.41) is 16.2. The maximum Gasteiger partial charge on any atom is 0.325 e. The first-order chi connectivity index (χ1) is 16.9. The normalized spacial score (nSPS) is 13.8. The van der Waals surface area contributed by atoms with Crippen molar-refractivity contribution < 1.29 is 29.1 Å². The van der Waals surface area contributed by atoms with Crippen LogP contribution in [0.15, 0.2) is 35.3 Å². The van der Waals surface area contributed by atoms with Gasteiger partial charge < -0.3 is 44.0 Å². The van der Waals surface area contributed by atoms with Crippen LogP contribution in [0.25, 0.3) is 0 Å². The summed E-state index contributed by atoms with van der Waals surface area (Å²) in [4.78, 5) is 64.7. The summed E-state index contributed by atoms with van der Waals surface area (Å²) in [5.41, 5.74) is 22.2. The molecular formula is C22H34N8O6. The van der Waals surface area contributed by atoms with E-state index in [4.69, 9.17) is 28.0 Å². The van der Waals surface area contributed by atoms with Crippen LogP contribution in [0.5, 0.6) is 0 Å². The molecule has 0 bridgehead atoms. The number of carboxylic acid groups (broad SMARTS) is 1. The molecular weight excluding hydrogens is 472 g/mol. The van der Waals surface area contributed by atoms with E-state index in [0.717, 1.165) is 0 Å². The zero-order valence-corrected chi connectivity index (χ0v) is 20.0. The Morgan fingerprint density at radius 2 is 1.50 bits per heavy atom. The summed E-state index contributed by atoms with van der Waals surface area (Å²) in [6.45, 7) is 1.52. The lowest BCUT2D eigenvalue weighted by Crippen LogP contribution is -2.58. The second-order valence-corrected chi connectivity index (χ2v) is 8.11. The Balaban J connectivity index is 2.96. The molecule has 0 heterocycles. The summed E-state index contributed by atoms with van der Waals surface area (Å²) >= 11 is 0. The van der Waals surface area contributed by atoms with Crippen LogP contribution in [-0.4, -0.2) is 71.4 Å². The lowest BCUT2D eigenvalue weighted by atomic mass is 10.0. The number of carbonyl (C=O) groups excluding carboxylic acids is 4. The molecule has 14 heteroatoms. The number of amides is 4. The van der Waals surface area contributed by atoms with Crippen molar-refractivity contribution in [1.82, 2.24) is 16.0 Å². The average molecular weight is 507 g/mol. The number of guanidine groups is 1. The maximum atomic E-state index is 13.0. The molecule has 0 aliphatic carbocycles. The molecule has 0 aliphatic rings. The summed E-state index contributed by atoms with van der Waals surface area (Å²) < 4.78 is 0. The van der Waals surface area contributed by atoms with E-state index in [9.17, 15) is 24.0 Å². The number of carbonyl (C=O) groups is 5. The largest absolute Gasteiger partial charge is 0.480 e. The van der Waals surface area contributed by atoms with Crippen molar-refractivity contribution in [3.63, 3.8) is 0 Å². The molecule has 0 aliphatic heterocycles. The van der Waals surface area contributed by atoms with Gasteiger partial charge >= 0.3 is 5.97 Å². The number of nitrogens with zero attached hydrogens (tertiary/aromatic N) is 1. The van der Waals surface area contributed by atoms with Gasteiger partial charge in [-0.25, -0.2) is 0 Å². The van der Waals surface area contributed by atoms with E-state index in [1.807, 2.05) is 0 Å². The number of carboxylic acids is 1. The first-order valence-corrected chi connectivity index (χ1v) is 11.2. The number of rotatable bonds is 15. The van der Waals surface area contributed by atoms with Crippen molar-refractivity contribution in [1.29, 1.82) is 0 Å². The topological polar surface area (TPSA) is 258 Å². The number of nitrogens with two attached hydrogens (primary N) is 4. The van der Waals surface area contributed by atoms with E-state index in [-0.39, 0.29) is 25.3 Å². The Bertz CT molecular complexity index is 951. The molecule has 4 amide bonds. The molecule has 0 aromatic heterocycles. The molecule has 36 heavy (non-hydrogen) atoms. The van der Waals surface area contributed by atoms with E-state index in [1.54, 1.807) is 30.3 Å². The van der Waals surface area contributed by atoms with Gasteiger partial charge in [-0.2, -0.15) is 0 Å². The Hall–Kier alpha value is -4.20. The minimum atomic E-state index is -1.42. The highest BCUT2D eigenvalue weighted by Gasteiger charge is 2.30. The van der Waals surface area contributed by atoms with Gasteiger partial charge in [0.05, 0.1) is 12.5 Å². The third-order valence-electron chi connectivity index (χ3n) is 4.99. The molecule has 14 nitrogen and oxygen atoms in total. The summed E-state index contributed by atoms with van der Waals surface area (Å²) in [6.07, 6.45) is 0.0513. The fourth-order valence-corrected chi connectivity index (χ4v) is 3.05. The average Bonchev–Trinajstić information content (AvgIpc) is 2.80. The van der Waals surface area contributed by atoms with Crippen LogP contribution in [-0.2, 0) is 30.4 Å². The number of aliphatic carboxylic acids is 1. The van der Waals surface area contributed by atoms with Gasteiger partial charge in [-0.05, 0) is 25.3 Å². The fraction of sp³-hybridized carbons (Fsp3) is 0.455. The molecule has 1 aromatic rings. The van der Waals surface area contributed by atoms with Crippen molar-refractivity contribution in [3.8, 4) is 0 Å². The molecule has 0 saturated heterocycles. The standard InChI is InChI=1S/C22H34N8O6/c1-12(21(35)36)28-19(33)15(10-13-6-3-2-4-7-13)30-20(34)16(11-17(24)31)29-18(32)14(23)8-5-9-27-22(25)26/h2-4,6-7,12,14-16H,5,8-11,23H2,1H3,(H2,24,31)(H,28,33)(H,29,32)(H,30,34)(H,35,36)(H4,25,26,27). The van der Waals surface area contributed by atoms with Crippen molar-refractivity contribution >= 4 is 35.6 Å². The zero-order valence-electron chi connectivity index (χ0n) is 20.0. The van der Waals surface area contributed by atoms with Crippen LogP contribution >= 0.6 is 0 Å². The monoisotopic (exact) mass is 506 g/mol. The second kappa shape index (κ2) is 14.9. The van der Waals surface area contributed by atoms with Gasteiger partial charge in [0.2, 0.25) is 23.6 Å². The first kappa shape index (κ1) is 29.8. The van der Waals surface area contributed by atoms with Gasteiger partial charge in [0.15, 0.2) is 5.96 Å². The minimum absolute atomic E-state index is 0.0201. The van der Waals surface area contributed by atoms with Gasteiger partial charge in [-0.1, -0.05) is 30.3 Å². The number of nitrogens with one attached hydrogen (secondary N) is 3. The van der Waals surface area contributed by atoms with Gasteiger partial charge in [-0.15, -0.1) is 0 Å². The Morgan fingerprint density at radius 1 is 0.917 bits per heavy atom. The Kier molecular flexibility index (Phi) is 12.4. The third kappa shape index (κ3) is 11.3. The molecule has 1 aromatic carbocycles. The Morgan fingerprint density at radius 3 is 2.06 bits per heavy atom. The quantitative estimate of drug-likeness (QED) is 0.0685. The third-order valence-corrected chi connectivity index (χ3v) is 4.99. The lowest BCUT2D eigenvalue weighted by molar-refractivity contribution is -0.142. The Labute approximate surface area is 208 Å². The molecule has 0 fully saturated rings. The van der Waals surface area contributed by atoms with E-state index in [1.165, 1.54) is 6.92 Å². The SMILES string of the molecule is CC(NC(=O)C(Cc1ccccc1)NC(=O)C(CC(N)=O)NC(=O)C(N)CCCN=C(N)N)C(=O)O. The number of hydrogen-bond donors (Lipinski definition) is 8. The summed E-state index contributed by atoms with van der Waals surface area (Å²) in [6, 6.07) is 3.81. The van der Waals surface area contributed by atoms with E-state index in [2.05, 4.69) is 20.9 Å². The van der Waals surface area contributed by atoms with Crippen LogP contribution in [0.3, 0.4) is 0 Å². The maximum absolute atomic E-state index is 13.0. The molecule has 4 atom stereocenters. The van der Waals surface area contributed by atoms with Crippen molar-refractivity contribution in [3.05, 3.63) is 35.9 Å². The zero-order chi connectivity index (χ0) is 27.3. The highest BCUT2D eigenvalue weighted by atomic mass is 16.4. The van der Waals surface area contributed by atoms with Crippen molar-refractivity contribution in [2.75, 3.05) is 6.54 Å². The predicted molar refractivity (Wildman–Crippen MR) is 131 cm³/mol. The molecule has 1 rings (SSSR count). The predicted octanol–water partition coefficient (Wildman–Crippen LogP) is -2.96.